The lowest BCUT2D eigenvalue weighted by molar-refractivity contribution is -0.147. The van der Waals surface area contributed by atoms with Gasteiger partial charge in [0.15, 0.2) is 12.4 Å². The first kappa shape index (κ1) is 23.0. The Bertz CT molecular complexity index is 1230. The number of amides is 1. The summed E-state index contributed by atoms with van der Waals surface area (Å²) in [6, 6.07) is 14.7. The predicted molar refractivity (Wildman–Crippen MR) is 122 cm³/mol. The van der Waals surface area contributed by atoms with Gasteiger partial charge >= 0.3 is 11.9 Å². The number of aryl methyl sites for hydroxylation is 2. The lowest BCUT2D eigenvalue weighted by Crippen LogP contribution is -2.27. The molecular weight excluding hydrogens is 438 g/mol. The van der Waals surface area contributed by atoms with Crippen LogP contribution in [-0.2, 0) is 14.3 Å². The Kier molecular flexibility index (Phi) is 6.58. The molecule has 1 aliphatic rings. The van der Waals surface area contributed by atoms with E-state index in [-0.39, 0.29) is 30.4 Å². The number of nitrogens with zero attached hydrogens (tertiary/aromatic N) is 1. The Morgan fingerprint density at radius 3 is 2.50 bits per heavy atom. The van der Waals surface area contributed by atoms with Crippen molar-refractivity contribution in [2.45, 2.75) is 20.3 Å². The average molecular weight is 461 g/mol. The summed E-state index contributed by atoms with van der Waals surface area (Å²) in [4.78, 5) is 50.9. The number of ketones is 1. The lowest BCUT2D eigenvalue weighted by Gasteiger charge is -2.19. The molecule has 0 bridgehead atoms. The van der Waals surface area contributed by atoms with Crippen LogP contribution in [0.1, 0.15) is 38.5 Å². The van der Waals surface area contributed by atoms with Crippen LogP contribution in [0.5, 0.6) is 5.75 Å². The quantitative estimate of drug-likeness (QED) is 0.299. The van der Waals surface area contributed by atoms with E-state index >= 15 is 0 Å². The maximum atomic E-state index is 12.5. The van der Waals surface area contributed by atoms with Gasteiger partial charge in [0.05, 0.1) is 12.2 Å². The van der Waals surface area contributed by atoms with Gasteiger partial charge in [-0.2, -0.15) is 0 Å². The van der Waals surface area contributed by atoms with Crippen LogP contribution in [0.2, 0.25) is 0 Å². The molecule has 1 atom stereocenters. The van der Waals surface area contributed by atoms with Crippen molar-refractivity contribution in [3.05, 3.63) is 83.3 Å². The molecule has 0 spiro atoms. The first-order valence-corrected chi connectivity index (χ1v) is 10.7. The summed E-state index contributed by atoms with van der Waals surface area (Å²) in [5.74, 6) is -2.13. The Morgan fingerprint density at radius 1 is 1.06 bits per heavy atom. The van der Waals surface area contributed by atoms with Gasteiger partial charge in [-0.1, -0.05) is 17.7 Å². The number of carbonyl (C=O) groups excluding carboxylic acids is 4. The average Bonchev–Trinajstić information content (AvgIpc) is 3.48. The molecule has 1 amide bonds. The number of hydrogen-bond acceptors (Lipinski definition) is 7. The van der Waals surface area contributed by atoms with Crippen LogP contribution in [-0.4, -0.2) is 36.8 Å². The fourth-order valence-corrected chi connectivity index (χ4v) is 3.81. The number of furan rings is 1. The van der Waals surface area contributed by atoms with E-state index in [4.69, 9.17) is 13.9 Å². The Balaban J connectivity index is 1.30. The minimum Gasteiger partial charge on any atom is -0.457 e. The normalized spacial score (nSPS) is 15.3. The van der Waals surface area contributed by atoms with Gasteiger partial charge in [-0.3, -0.25) is 14.4 Å². The van der Waals surface area contributed by atoms with Crippen molar-refractivity contribution in [2.75, 3.05) is 18.1 Å². The van der Waals surface area contributed by atoms with Gasteiger partial charge in [0.1, 0.15) is 5.75 Å². The smallest absolute Gasteiger partial charge is 0.379 e. The van der Waals surface area contributed by atoms with E-state index in [9.17, 15) is 19.2 Å². The van der Waals surface area contributed by atoms with Crippen molar-refractivity contribution in [3.8, 4) is 5.75 Å². The maximum absolute atomic E-state index is 12.5. The molecule has 2 heterocycles. The lowest BCUT2D eigenvalue weighted by atomic mass is 10.1. The number of ether oxygens (including phenoxy) is 2. The van der Waals surface area contributed by atoms with Crippen molar-refractivity contribution >= 4 is 29.3 Å². The van der Waals surface area contributed by atoms with E-state index in [1.54, 1.807) is 11.0 Å². The number of rotatable bonds is 7. The topological polar surface area (TPSA) is 103 Å². The number of hydrogen-bond donors (Lipinski definition) is 0. The van der Waals surface area contributed by atoms with E-state index in [0.717, 1.165) is 16.8 Å². The molecule has 174 valence electrons. The van der Waals surface area contributed by atoms with Crippen LogP contribution in [0, 0.1) is 19.8 Å². The van der Waals surface area contributed by atoms with Crippen LogP contribution < -0.4 is 9.64 Å². The summed E-state index contributed by atoms with van der Waals surface area (Å²) in [6.45, 7) is 3.66. The highest BCUT2D eigenvalue weighted by Crippen LogP contribution is 2.29. The zero-order valence-electron chi connectivity index (χ0n) is 18.8. The highest BCUT2D eigenvalue weighted by atomic mass is 16.5. The highest BCUT2D eigenvalue weighted by Gasteiger charge is 2.36. The van der Waals surface area contributed by atoms with E-state index in [2.05, 4.69) is 0 Å². The fraction of sp³-hybridized carbons (Fsp3) is 0.231. The number of esters is 2. The summed E-state index contributed by atoms with van der Waals surface area (Å²) in [5, 5.41) is 0. The second-order valence-corrected chi connectivity index (χ2v) is 8.12. The van der Waals surface area contributed by atoms with Crippen LogP contribution in [0.25, 0.3) is 0 Å². The molecule has 4 rings (SSSR count). The zero-order chi connectivity index (χ0) is 24.2. The molecule has 8 nitrogen and oxygen atoms in total. The molecule has 0 unspecified atom stereocenters. The van der Waals surface area contributed by atoms with Crippen molar-refractivity contribution in [1.82, 2.24) is 0 Å². The second-order valence-electron chi connectivity index (χ2n) is 8.12. The van der Waals surface area contributed by atoms with E-state index in [1.807, 2.05) is 32.0 Å². The number of Topliss-reactive ketones (excluding diaryl/α,β-unsaturated/α-hetero) is 1. The van der Waals surface area contributed by atoms with Gasteiger partial charge in [0.25, 0.3) is 0 Å². The third-order valence-electron chi connectivity index (χ3n) is 5.56. The standard InChI is InChI=1S/C26H23NO7/c1-16-5-10-21(17(2)12-16)27-14-19(13-24(27)29)25(30)33-15-22(28)18-6-8-20(9-7-18)34-26(31)23-4-3-11-32-23/h3-12,19H,13-15H2,1-2H3/t19-/m1/s1. The molecule has 8 heteroatoms. The molecule has 1 saturated heterocycles. The summed E-state index contributed by atoms with van der Waals surface area (Å²) < 4.78 is 15.3. The Labute approximate surface area is 196 Å². The third kappa shape index (κ3) is 5.06. The van der Waals surface area contributed by atoms with Crippen molar-refractivity contribution in [2.24, 2.45) is 5.92 Å². The molecule has 0 N–H and O–H groups in total. The van der Waals surface area contributed by atoms with E-state index in [1.165, 1.54) is 36.6 Å². The maximum Gasteiger partial charge on any atom is 0.379 e. The van der Waals surface area contributed by atoms with Crippen LogP contribution >= 0.6 is 0 Å². The minimum absolute atomic E-state index is 0.0378. The summed E-state index contributed by atoms with van der Waals surface area (Å²) >= 11 is 0. The molecule has 34 heavy (non-hydrogen) atoms. The summed E-state index contributed by atoms with van der Waals surface area (Å²) in [7, 11) is 0. The van der Waals surface area contributed by atoms with Crippen LogP contribution in [0.4, 0.5) is 5.69 Å². The molecular formula is C26H23NO7. The van der Waals surface area contributed by atoms with Crippen LogP contribution in [0.15, 0.2) is 65.3 Å². The minimum atomic E-state index is -0.654. The molecule has 3 aromatic rings. The molecule has 0 saturated carbocycles. The number of benzene rings is 2. The molecule has 1 aromatic heterocycles. The Hall–Kier alpha value is -4.20. The summed E-state index contributed by atoms with van der Waals surface area (Å²) in [6.07, 6.45) is 1.40. The third-order valence-corrected chi connectivity index (χ3v) is 5.56. The first-order valence-electron chi connectivity index (χ1n) is 10.7. The molecule has 1 aliphatic heterocycles. The zero-order valence-corrected chi connectivity index (χ0v) is 18.8. The number of carbonyl (C=O) groups is 4. The molecule has 0 radical (unpaired) electrons. The van der Waals surface area contributed by atoms with Crippen molar-refractivity contribution in [3.63, 3.8) is 0 Å². The van der Waals surface area contributed by atoms with Gasteiger partial charge in [-0.25, -0.2) is 4.79 Å². The predicted octanol–water partition coefficient (Wildman–Crippen LogP) is 3.89. The van der Waals surface area contributed by atoms with Gasteiger partial charge in [-0.05, 0) is 61.9 Å². The molecule has 2 aromatic carbocycles. The van der Waals surface area contributed by atoms with E-state index in [0.29, 0.717) is 5.56 Å². The SMILES string of the molecule is Cc1ccc(N2C[C@H](C(=O)OCC(=O)c3ccc(OC(=O)c4ccco4)cc3)CC2=O)c(C)c1. The van der Waals surface area contributed by atoms with Crippen molar-refractivity contribution < 1.29 is 33.1 Å². The van der Waals surface area contributed by atoms with Crippen molar-refractivity contribution in [1.29, 1.82) is 0 Å². The van der Waals surface area contributed by atoms with Gasteiger partial charge in [-0.15, -0.1) is 0 Å². The monoisotopic (exact) mass is 461 g/mol. The second kappa shape index (κ2) is 9.74. The number of anilines is 1. The van der Waals surface area contributed by atoms with Gasteiger partial charge < -0.3 is 18.8 Å². The van der Waals surface area contributed by atoms with Gasteiger partial charge in [0, 0.05) is 24.2 Å². The highest BCUT2D eigenvalue weighted by molar-refractivity contribution is 6.01. The largest absolute Gasteiger partial charge is 0.457 e. The van der Waals surface area contributed by atoms with E-state index < -0.39 is 30.2 Å². The Morgan fingerprint density at radius 2 is 1.82 bits per heavy atom. The molecule has 1 fully saturated rings. The first-order chi connectivity index (χ1) is 16.3. The summed E-state index contributed by atoms with van der Waals surface area (Å²) in [5.41, 5.74) is 3.11. The van der Waals surface area contributed by atoms with Gasteiger partial charge in [0.2, 0.25) is 11.7 Å². The van der Waals surface area contributed by atoms with Crippen LogP contribution in [0.3, 0.4) is 0 Å². The molecule has 0 aliphatic carbocycles. The fourth-order valence-electron chi connectivity index (χ4n) is 3.81.